The van der Waals surface area contributed by atoms with Crippen molar-refractivity contribution in [3.8, 4) is 0 Å². The highest BCUT2D eigenvalue weighted by Crippen LogP contribution is 2.11. The van der Waals surface area contributed by atoms with E-state index >= 15 is 0 Å². The average Bonchev–Trinajstić information content (AvgIpc) is 2.38. The maximum absolute atomic E-state index is 11.6. The molecule has 1 amide bonds. The maximum atomic E-state index is 11.6. The van der Waals surface area contributed by atoms with E-state index in [4.69, 9.17) is 0 Å². The number of hydrogen-bond acceptors (Lipinski definition) is 4. The van der Waals surface area contributed by atoms with Crippen molar-refractivity contribution in [2.45, 2.75) is 52.6 Å². The smallest absolute Gasteiger partial charge is 0.221 e. The summed E-state index contributed by atoms with van der Waals surface area (Å²) < 4.78 is 0. The summed E-state index contributed by atoms with van der Waals surface area (Å²) in [5.41, 5.74) is 1.86. The molecule has 0 bridgehead atoms. The Labute approximate surface area is 115 Å². The van der Waals surface area contributed by atoms with Gasteiger partial charge in [-0.3, -0.25) is 14.8 Å². The van der Waals surface area contributed by atoms with E-state index in [1.165, 1.54) is 0 Å². The van der Waals surface area contributed by atoms with Crippen LogP contribution < -0.4 is 10.6 Å². The molecule has 1 heterocycles. The first-order chi connectivity index (χ1) is 9.04. The van der Waals surface area contributed by atoms with Crippen molar-refractivity contribution >= 4 is 5.91 Å². The lowest BCUT2D eigenvalue weighted by Gasteiger charge is -2.15. The summed E-state index contributed by atoms with van der Waals surface area (Å²) in [5, 5.41) is 6.25. The molecular weight excluding hydrogens is 240 g/mol. The van der Waals surface area contributed by atoms with Crippen LogP contribution in [0.2, 0.25) is 0 Å². The second kappa shape index (κ2) is 7.84. The van der Waals surface area contributed by atoms with Gasteiger partial charge in [0, 0.05) is 37.4 Å². The molecule has 5 nitrogen and oxygen atoms in total. The van der Waals surface area contributed by atoms with Gasteiger partial charge in [0.2, 0.25) is 5.91 Å². The number of aromatic nitrogens is 2. The van der Waals surface area contributed by atoms with Gasteiger partial charge in [-0.15, -0.1) is 0 Å². The standard InChI is InChI=1S/C14H24N4O/c1-5-10(2)18-13(19)6-7-15-11(3)14-12(4)16-8-9-17-14/h8-11,15H,5-7H2,1-4H3,(H,18,19). The van der Waals surface area contributed by atoms with Crippen molar-refractivity contribution < 1.29 is 4.79 Å². The lowest BCUT2D eigenvalue weighted by Crippen LogP contribution is -2.34. The molecule has 0 fully saturated rings. The molecule has 19 heavy (non-hydrogen) atoms. The Kier molecular flexibility index (Phi) is 6.42. The third-order valence-electron chi connectivity index (χ3n) is 3.15. The second-order valence-electron chi connectivity index (χ2n) is 4.83. The number of nitrogens with zero attached hydrogens (tertiary/aromatic N) is 2. The average molecular weight is 264 g/mol. The number of carbonyl (C=O) groups excluding carboxylic acids is 1. The highest BCUT2D eigenvalue weighted by Gasteiger charge is 2.11. The Balaban J connectivity index is 2.33. The van der Waals surface area contributed by atoms with Gasteiger partial charge in [-0.05, 0) is 27.2 Å². The minimum atomic E-state index is 0.0879. The molecule has 0 aliphatic rings. The van der Waals surface area contributed by atoms with Crippen molar-refractivity contribution in [3.05, 3.63) is 23.8 Å². The molecule has 0 radical (unpaired) electrons. The van der Waals surface area contributed by atoms with Gasteiger partial charge >= 0.3 is 0 Å². The summed E-state index contributed by atoms with van der Waals surface area (Å²) in [5.74, 6) is 0.0879. The molecule has 0 spiro atoms. The van der Waals surface area contributed by atoms with Crippen LogP contribution in [0.4, 0.5) is 0 Å². The fourth-order valence-corrected chi connectivity index (χ4v) is 1.79. The quantitative estimate of drug-likeness (QED) is 0.787. The molecule has 0 aliphatic carbocycles. The van der Waals surface area contributed by atoms with Crippen molar-refractivity contribution in [2.75, 3.05) is 6.54 Å². The zero-order valence-electron chi connectivity index (χ0n) is 12.2. The van der Waals surface area contributed by atoms with Gasteiger partial charge in [-0.1, -0.05) is 6.92 Å². The molecule has 2 N–H and O–H groups in total. The van der Waals surface area contributed by atoms with Crippen molar-refractivity contribution in [2.24, 2.45) is 0 Å². The molecule has 2 atom stereocenters. The van der Waals surface area contributed by atoms with Crippen LogP contribution in [0.3, 0.4) is 0 Å². The molecule has 1 rings (SSSR count). The van der Waals surface area contributed by atoms with E-state index in [9.17, 15) is 4.79 Å². The van der Waals surface area contributed by atoms with E-state index in [1.54, 1.807) is 12.4 Å². The molecule has 1 aromatic heterocycles. The van der Waals surface area contributed by atoms with E-state index in [0.717, 1.165) is 17.8 Å². The van der Waals surface area contributed by atoms with Crippen molar-refractivity contribution in [1.82, 2.24) is 20.6 Å². The number of rotatable bonds is 7. The summed E-state index contributed by atoms with van der Waals surface area (Å²) in [6.07, 6.45) is 4.81. The van der Waals surface area contributed by atoms with Crippen LogP contribution in [0.5, 0.6) is 0 Å². The van der Waals surface area contributed by atoms with Crippen LogP contribution in [-0.4, -0.2) is 28.5 Å². The largest absolute Gasteiger partial charge is 0.354 e. The molecule has 0 aromatic carbocycles. The van der Waals surface area contributed by atoms with Gasteiger partial charge in [0.1, 0.15) is 0 Å². The van der Waals surface area contributed by atoms with Crippen LogP contribution >= 0.6 is 0 Å². The molecular formula is C14H24N4O. The Bertz CT molecular complexity index is 408. The van der Waals surface area contributed by atoms with Gasteiger partial charge in [-0.2, -0.15) is 0 Å². The minimum absolute atomic E-state index is 0.0879. The predicted octanol–water partition coefficient (Wildman–Crippen LogP) is 1.74. The van der Waals surface area contributed by atoms with E-state index in [2.05, 4.69) is 27.5 Å². The normalized spacial score (nSPS) is 13.9. The molecule has 0 saturated heterocycles. The predicted molar refractivity (Wildman–Crippen MR) is 75.7 cm³/mol. The summed E-state index contributed by atoms with van der Waals surface area (Å²) >= 11 is 0. The molecule has 0 saturated carbocycles. The Morgan fingerprint density at radius 2 is 2.00 bits per heavy atom. The van der Waals surface area contributed by atoms with Gasteiger partial charge < -0.3 is 10.6 Å². The Hall–Kier alpha value is -1.49. The highest BCUT2D eigenvalue weighted by molar-refractivity contribution is 5.76. The zero-order valence-corrected chi connectivity index (χ0v) is 12.2. The third kappa shape index (κ3) is 5.34. The van der Waals surface area contributed by atoms with Crippen molar-refractivity contribution in [3.63, 3.8) is 0 Å². The first-order valence-electron chi connectivity index (χ1n) is 6.84. The first kappa shape index (κ1) is 15.6. The number of nitrogens with one attached hydrogen (secondary N) is 2. The number of hydrogen-bond donors (Lipinski definition) is 2. The van der Waals surface area contributed by atoms with Crippen LogP contribution in [0.25, 0.3) is 0 Å². The fourth-order valence-electron chi connectivity index (χ4n) is 1.79. The first-order valence-corrected chi connectivity index (χ1v) is 6.84. The maximum Gasteiger partial charge on any atom is 0.221 e. The van der Waals surface area contributed by atoms with Crippen LogP contribution in [0.15, 0.2) is 12.4 Å². The molecule has 1 aromatic rings. The van der Waals surface area contributed by atoms with E-state index in [-0.39, 0.29) is 18.0 Å². The SMILES string of the molecule is CCC(C)NC(=O)CCNC(C)c1nccnc1C. The monoisotopic (exact) mass is 264 g/mol. The van der Waals surface area contributed by atoms with E-state index in [0.29, 0.717) is 13.0 Å². The summed E-state index contributed by atoms with van der Waals surface area (Å²) in [7, 11) is 0. The lowest BCUT2D eigenvalue weighted by molar-refractivity contribution is -0.121. The van der Waals surface area contributed by atoms with Gasteiger partial charge in [0.15, 0.2) is 0 Å². The van der Waals surface area contributed by atoms with Gasteiger partial charge in [0.05, 0.1) is 11.4 Å². The van der Waals surface area contributed by atoms with Crippen LogP contribution in [0, 0.1) is 6.92 Å². The zero-order chi connectivity index (χ0) is 14.3. The summed E-state index contributed by atoms with van der Waals surface area (Å²) in [6, 6.07) is 0.345. The second-order valence-corrected chi connectivity index (χ2v) is 4.83. The van der Waals surface area contributed by atoms with Gasteiger partial charge in [0.25, 0.3) is 0 Å². The minimum Gasteiger partial charge on any atom is -0.354 e. The number of carbonyl (C=O) groups is 1. The topological polar surface area (TPSA) is 66.9 Å². The van der Waals surface area contributed by atoms with Crippen LogP contribution in [-0.2, 0) is 4.79 Å². The van der Waals surface area contributed by atoms with E-state index in [1.807, 2.05) is 20.8 Å². The molecule has 2 unspecified atom stereocenters. The van der Waals surface area contributed by atoms with E-state index < -0.39 is 0 Å². The Morgan fingerprint density at radius 1 is 1.32 bits per heavy atom. The van der Waals surface area contributed by atoms with Crippen molar-refractivity contribution in [1.29, 1.82) is 0 Å². The Morgan fingerprint density at radius 3 is 2.63 bits per heavy atom. The fraction of sp³-hybridized carbons (Fsp3) is 0.643. The third-order valence-corrected chi connectivity index (χ3v) is 3.15. The number of aryl methyl sites for hydroxylation is 1. The summed E-state index contributed by atoms with van der Waals surface area (Å²) in [4.78, 5) is 20.1. The number of amides is 1. The molecule has 5 heteroatoms. The molecule has 0 aliphatic heterocycles. The highest BCUT2D eigenvalue weighted by atomic mass is 16.1. The van der Waals surface area contributed by atoms with Crippen LogP contribution in [0.1, 0.15) is 51.0 Å². The summed E-state index contributed by atoms with van der Waals surface area (Å²) in [6.45, 7) is 8.68. The molecule has 106 valence electrons. The lowest BCUT2D eigenvalue weighted by atomic mass is 10.2. The van der Waals surface area contributed by atoms with Gasteiger partial charge in [-0.25, -0.2) is 0 Å².